The maximum absolute atomic E-state index is 13.8. The van der Waals surface area contributed by atoms with Gasteiger partial charge in [-0.1, -0.05) is 36.4 Å². The average Bonchev–Trinajstić information content (AvgIpc) is 3.40. The molecule has 1 atom stereocenters. The van der Waals surface area contributed by atoms with Crippen molar-refractivity contribution >= 4 is 29.2 Å². The van der Waals surface area contributed by atoms with Crippen molar-refractivity contribution in [1.82, 2.24) is 25.0 Å². The van der Waals surface area contributed by atoms with E-state index in [-0.39, 0.29) is 17.7 Å². The minimum absolute atomic E-state index is 0.111. The van der Waals surface area contributed by atoms with Crippen LogP contribution in [0, 0.1) is 5.82 Å². The highest BCUT2D eigenvalue weighted by Crippen LogP contribution is 2.36. The Morgan fingerprint density at radius 2 is 1.82 bits per heavy atom. The van der Waals surface area contributed by atoms with E-state index in [1.165, 1.54) is 17.7 Å². The van der Waals surface area contributed by atoms with E-state index < -0.39 is 5.92 Å². The van der Waals surface area contributed by atoms with Gasteiger partial charge >= 0.3 is 0 Å². The van der Waals surface area contributed by atoms with Gasteiger partial charge in [0.15, 0.2) is 5.82 Å². The molecule has 1 aliphatic heterocycles. The fraction of sp³-hybridized carbons (Fsp3) is 0.167. The van der Waals surface area contributed by atoms with Gasteiger partial charge in [0.1, 0.15) is 5.82 Å². The lowest BCUT2D eigenvalue weighted by Crippen LogP contribution is -2.14. The Labute approximate surface area is 229 Å². The number of nitrogen functional groups attached to an aromatic ring is 1. The zero-order valence-corrected chi connectivity index (χ0v) is 21.4. The summed E-state index contributed by atoms with van der Waals surface area (Å²) in [6.45, 7) is 0. The maximum atomic E-state index is 13.8. The Balaban J connectivity index is 1.13. The molecule has 1 unspecified atom stereocenters. The third-order valence-corrected chi connectivity index (χ3v) is 7.48. The Morgan fingerprint density at radius 1 is 1.00 bits per heavy atom. The molecule has 1 aliphatic carbocycles. The number of hydrogen-bond acceptors (Lipinski definition) is 7. The number of hydrogen-bond donors (Lipinski definition) is 3. The first-order chi connectivity index (χ1) is 19.5. The molecule has 4 N–H and O–H groups in total. The highest BCUT2D eigenvalue weighted by atomic mass is 19.1. The van der Waals surface area contributed by atoms with Gasteiger partial charge in [0.25, 0.3) is 0 Å². The van der Waals surface area contributed by atoms with Crippen molar-refractivity contribution in [2.45, 2.75) is 31.6 Å². The third-order valence-electron chi connectivity index (χ3n) is 7.48. The molecule has 0 spiro atoms. The minimum atomic E-state index is -0.439. The van der Waals surface area contributed by atoms with Crippen LogP contribution in [0.25, 0.3) is 17.1 Å². The van der Waals surface area contributed by atoms with Crippen molar-refractivity contribution in [1.29, 1.82) is 0 Å². The van der Waals surface area contributed by atoms with Gasteiger partial charge in [-0.05, 0) is 84.3 Å². The normalized spacial score (nSPS) is 15.5. The number of aromatic nitrogens is 5. The van der Waals surface area contributed by atoms with Crippen LogP contribution in [0.4, 0.5) is 27.7 Å². The fourth-order valence-corrected chi connectivity index (χ4v) is 5.54. The molecule has 3 aromatic carbocycles. The molecule has 0 saturated heterocycles. The minimum Gasteiger partial charge on any atom is -0.366 e. The number of carbonyl (C=O) groups is 1. The summed E-state index contributed by atoms with van der Waals surface area (Å²) in [4.78, 5) is 16.9. The summed E-state index contributed by atoms with van der Waals surface area (Å²) in [6.07, 6.45) is 3.36. The number of nitrogens with one attached hydrogen (secondary N) is 2. The molecular weight excluding hydrogens is 507 g/mol. The van der Waals surface area contributed by atoms with E-state index in [1.54, 1.807) is 10.7 Å². The first kappa shape index (κ1) is 24.0. The van der Waals surface area contributed by atoms with Gasteiger partial charge < -0.3 is 16.4 Å². The molecule has 198 valence electrons. The number of carbonyl (C=O) groups excluding carboxylic acids is 1. The van der Waals surface area contributed by atoms with Crippen molar-refractivity contribution in [2.75, 3.05) is 16.4 Å². The van der Waals surface area contributed by atoms with Crippen LogP contribution in [0.15, 0.2) is 72.8 Å². The van der Waals surface area contributed by atoms with Crippen LogP contribution in [0.3, 0.4) is 0 Å². The predicted octanol–water partition coefficient (Wildman–Crippen LogP) is 4.96. The van der Waals surface area contributed by atoms with Crippen molar-refractivity contribution in [3.8, 4) is 17.1 Å². The molecular formula is C30H25FN8O. The maximum Gasteiger partial charge on any atom is 0.241 e. The van der Waals surface area contributed by atoms with Gasteiger partial charge in [-0.2, -0.15) is 9.67 Å². The van der Waals surface area contributed by atoms with Crippen LogP contribution < -0.4 is 16.4 Å². The van der Waals surface area contributed by atoms with Gasteiger partial charge in [-0.15, -0.1) is 15.3 Å². The van der Waals surface area contributed by atoms with Crippen LogP contribution in [-0.4, -0.2) is 30.9 Å². The van der Waals surface area contributed by atoms with E-state index >= 15 is 0 Å². The number of halogens is 1. The summed E-state index contributed by atoms with van der Waals surface area (Å²) in [6, 6.07) is 22.3. The molecule has 0 radical (unpaired) electrons. The molecule has 40 heavy (non-hydrogen) atoms. The lowest BCUT2D eigenvalue weighted by molar-refractivity contribution is -0.117. The van der Waals surface area contributed by atoms with Crippen molar-refractivity contribution in [3.63, 3.8) is 0 Å². The van der Waals surface area contributed by atoms with Gasteiger partial charge in [-0.3, -0.25) is 4.79 Å². The van der Waals surface area contributed by atoms with Crippen molar-refractivity contribution < 1.29 is 9.18 Å². The van der Waals surface area contributed by atoms with Crippen molar-refractivity contribution in [3.05, 3.63) is 101 Å². The number of benzene rings is 3. The molecule has 3 heterocycles. The fourth-order valence-electron chi connectivity index (χ4n) is 5.54. The van der Waals surface area contributed by atoms with Crippen LogP contribution in [-0.2, 0) is 24.1 Å². The van der Waals surface area contributed by atoms with Crippen molar-refractivity contribution in [2.24, 2.45) is 0 Å². The van der Waals surface area contributed by atoms with E-state index in [0.29, 0.717) is 29.4 Å². The van der Waals surface area contributed by atoms with Gasteiger partial charge in [0, 0.05) is 16.9 Å². The number of aryl methyl sites for hydroxylation is 2. The summed E-state index contributed by atoms with van der Waals surface area (Å²) in [5.74, 6) is 0.127. The summed E-state index contributed by atoms with van der Waals surface area (Å²) >= 11 is 0. The Hall–Kier alpha value is -5.12. The van der Waals surface area contributed by atoms with Crippen LogP contribution in [0.2, 0.25) is 0 Å². The van der Waals surface area contributed by atoms with Gasteiger partial charge in [0.2, 0.25) is 17.8 Å². The highest BCUT2D eigenvalue weighted by Gasteiger charge is 2.31. The Morgan fingerprint density at radius 3 is 2.70 bits per heavy atom. The number of amides is 1. The highest BCUT2D eigenvalue weighted by molar-refractivity contribution is 6.03. The number of anilines is 4. The second-order valence-electron chi connectivity index (χ2n) is 10.1. The molecule has 5 aromatic rings. The molecule has 2 aliphatic rings. The van der Waals surface area contributed by atoms with Gasteiger partial charge in [0.05, 0.1) is 11.6 Å². The molecule has 10 heteroatoms. The molecule has 2 aromatic heterocycles. The lowest BCUT2D eigenvalue weighted by atomic mass is 9.93. The summed E-state index contributed by atoms with van der Waals surface area (Å²) in [5.41, 5.74) is 13.4. The van der Waals surface area contributed by atoms with E-state index in [1.807, 2.05) is 36.4 Å². The summed E-state index contributed by atoms with van der Waals surface area (Å²) in [7, 11) is 0. The molecule has 9 nitrogen and oxygen atoms in total. The number of nitrogens with zero attached hydrogens (tertiary/aromatic N) is 5. The van der Waals surface area contributed by atoms with E-state index in [0.717, 1.165) is 47.3 Å². The monoisotopic (exact) mass is 532 g/mol. The van der Waals surface area contributed by atoms with E-state index in [4.69, 9.17) is 5.73 Å². The first-order valence-electron chi connectivity index (χ1n) is 13.2. The summed E-state index contributed by atoms with van der Waals surface area (Å²) in [5, 5.41) is 19.5. The Bertz CT molecular complexity index is 1760. The first-order valence-corrected chi connectivity index (χ1v) is 13.2. The molecule has 7 rings (SSSR count). The summed E-state index contributed by atoms with van der Waals surface area (Å²) < 4.78 is 15.4. The van der Waals surface area contributed by atoms with Crippen LogP contribution in [0.5, 0.6) is 0 Å². The molecule has 0 bridgehead atoms. The zero-order valence-electron chi connectivity index (χ0n) is 21.4. The topological polar surface area (TPSA) is 124 Å². The molecule has 1 amide bonds. The molecule has 0 saturated carbocycles. The predicted molar refractivity (Wildman–Crippen MR) is 150 cm³/mol. The SMILES string of the molecule is Nc1nc(Nc2ccc(CC3C(=O)Nc4ccc(F)cc43)cc2)n(-c2cc3c(nn2)-c2ccccc2CCC3)n1. The lowest BCUT2D eigenvalue weighted by Gasteiger charge is -2.12. The number of fused-ring (bicyclic) bond motifs is 4. The third kappa shape index (κ3) is 4.33. The zero-order chi connectivity index (χ0) is 27.2. The van der Waals surface area contributed by atoms with E-state index in [2.05, 4.69) is 49.1 Å². The number of nitrogens with two attached hydrogens (primary N) is 1. The Kier molecular flexibility index (Phi) is 5.73. The smallest absolute Gasteiger partial charge is 0.241 e. The molecule has 0 fully saturated rings. The standard InChI is InChI=1S/C30H25FN8O/c31-20-10-13-25-23(16-20)24(28(40)34-25)14-17-8-11-21(12-9-17)33-30-35-29(32)38-39(30)26-15-19-6-3-5-18-4-1-2-7-22(18)27(19)37-36-26/h1-2,4,7-13,15-16,24H,3,5-6,14H2,(H,34,40)(H3,32,33,35,38). The second-order valence-corrected chi connectivity index (χ2v) is 10.1. The van der Waals surface area contributed by atoms with Gasteiger partial charge in [-0.25, -0.2) is 4.39 Å². The second kappa shape index (κ2) is 9.57. The van der Waals surface area contributed by atoms with Crippen LogP contribution in [0.1, 0.15) is 34.6 Å². The van der Waals surface area contributed by atoms with E-state index in [9.17, 15) is 9.18 Å². The largest absolute Gasteiger partial charge is 0.366 e. The van der Waals surface area contributed by atoms with Crippen LogP contribution >= 0.6 is 0 Å². The average molecular weight is 533 g/mol. The quantitative estimate of drug-likeness (QED) is 0.292. The number of rotatable bonds is 5.